The molecule has 1 saturated heterocycles. The zero-order valence-electron chi connectivity index (χ0n) is 9.82. The molecule has 1 aromatic rings. The van der Waals surface area contributed by atoms with Crippen molar-refractivity contribution in [3.05, 3.63) is 21.2 Å². The molecule has 1 fully saturated rings. The first kappa shape index (κ1) is 12.6. The molecule has 1 aliphatic heterocycles. The van der Waals surface area contributed by atoms with Crippen molar-refractivity contribution in [2.75, 3.05) is 11.4 Å². The lowest BCUT2D eigenvalue weighted by atomic mass is 9.96. The van der Waals surface area contributed by atoms with E-state index in [-0.39, 0.29) is 11.6 Å². The van der Waals surface area contributed by atoms with Gasteiger partial charge in [0.1, 0.15) is 4.47 Å². The smallest absolute Gasteiger partial charge is 0.267 e. The van der Waals surface area contributed by atoms with Gasteiger partial charge in [-0.25, -0.2) is 4.98 Å². The number of rotatable bonds is 2. The lowest BCUT2D eigenvalue weighted by molar-refractivity contribution is 0.397. The molecule has 2 unspecified atom stereocenters. The zero-order chi connectivity index (χ0) is 12.4. The molecule has 0 aromatic carbocycles. The molecule has 1 aromatic heterocycles. The minimum absolute atomic E-state index is 0.149. The van der Waals surface area contributed by atoms with E-state index in [1.54, 1.807) is 0 Å². The van der Waals surface area contributed by atoms with E-state index in [4.69, 9.17) is 5.73 Å². The molecule has 0 radical (unpaired) electrons. The molecular weight excluding hydrogens is 284 g/mol. The normalized spacial score (nSPS) is 25.0. The Labute approximate surface area is 109 Å². The molecule has 17 heavy (non-hydrogen) atoms. The number of halogens is 1. The maximum atomic E-state index is 11.6. The van der Waals surface area contributed by atoms with Gasteiger partial charge in [0.05, 0.1) is 6.33 Å². The summed E-state index contributed by atoms with van der Waals surface area (Å²) in [7, 11) is 0. The summed E-state index contributed by atoms with van der Waals surface area (Å²) in [5.41, 5.74) is 5.66. The average Bonchev–Trinajstić information content (AvgIpc) is 2.33. The molecule has 6 heteroatoms. The van der Waals surface area contributed by atoms with E-state index in [1.165, 1.54) is 12.7 Å². The van der Waals surface area contributed by atoms with E-state index in [0.29, 0.717) is 22.9 Å². The van der Waals surface area contributed by atoms with Gasteiger partial charge in [0.25, 0.3) is 5.56 Å². The number of aromatic nitrogens is 2. The maximum absolute atomic E-state index is 11.6. The molecule has 2 rings (SSSR count). The molecular formula is C11H17BrN4O. The fourth-order valence-electron chi connectivity index (χ4n) is 2.45. The minimum Gasteiger partial charge on any atom is -0.349 e. The number of aromatic amines is 1. The predicted octanol–water partition coefficient (Wildman–Crippen LogP) is 1.24. The SMILES string of the molecule is CC1CCCC(CN)N1c1nc[nH]c(=O)c1Br. The Morgan fingerprint density at radius 2 is 2.41 bits per heavy atom. The fourth-order valence-corrected chi connectivity index (χ4v) is 2.88. The number of nitrogens with one attached hydrogen (secondary N) is 1. The van der Waals surface area contributed by atoms with Gasteiger partial charge in [-0.05, 0) is 42.1 Å². The Morgan fingerprint density at radius 3 is 3.12 bits per heavy atom. The van der Waals surface area contributed by atoms with Crippen LogP contribution in [-0.4, -0.2) is 28.6 Å². The molecule has 2 atom stereocenters. The Hall–Kier alpha value is -0.880. The summed E-state index contributed by atoms with van der Waals surface area (Å²) >= 11 is 3.31. The zero-order valence-corrected chi connectivity index (χ0v) is 11.4. The van der Waals surface area contributed by atoms with Crippen molar-refractivity contribution in [3.8, 4) is 0 Å². The number of hydrogen-bond acceptors (Lipinski definition) is 4. The number of piperidine rings is 1. The van der Waals surface area contributed by atoms with Crippen molar-refractivity contribution in [1.82, 2.24) is 9.97 Å². The highest BCUT2D eigenvalue weighted by atomic mass is 79.9. The number of nitrogens with zero attached hydrogens (tertiary/aromatic N) is 2. The van der Waals surface area contributed by atoms with Crippen molar-refractivity contribution in [1.29, 1.82) is 0 Å². The second-order valence-corrected chi connectivity index (χ2v) is 5.24. The largest absolute Gasteiger partial charge is 0.349 e. The molecule has 0 amide bonds. The average molecular weight is 301 g/mol. The van der Waals surface area contributed by atoms with Gasteiger partial charge in [0.15, 0.2) is 5.82 Å². The van der Waals surface area contributed by atoms with Crippen LogP contribution >= 0.6 is 15.9 Å². The first-order valence-electron chi connectivity index (χ1n) is 5.86. The van der Waals surface area contributed by atoms with Gasteiger partial charge in [-0.15, -0.1) is 0 Å². The number of anilines is 1. The van der Waals surface area contributed by atoms with Gasteiger partial charge < -0.3 is 15.6 Å². The third-order valence-corrected chi connectivity index (χ3v) is 4.04. The summed E-state index contributed by atoms with van der Waals surface area (Å²) in [5.74, 6) is 0.705. The topological polar surface area (TPSA) is 75.0 Å². The van der Waals surface area contributed by atoms with Crippen LogP contribution in [-0.2, 0) is 0 Å². The minimum atomic E-state index is -0.149. The van der Waals surface area contributed by atoms with Crippen LogP contribution in [0.4, 0.5) is 5.82 Å². The molecule has 0 bridgehead atoms. The summed E-state index contributed by atoms with van der Waals surface area (Å²) in [6.07, 6.45) is 4.79. The first-order chi connectivity index (χ1) is 8.15. The van der Waals surface area contributed by atoms with Gasteiger partial charge in [0.2, 0.25) is 0 Å². The van der Waals surface area contributed by atoms with Crippen LogP contribution in [0.1, 0.15) is 26.2 Å². The van der Waals surface area contributed by atoms with Gasteiger partial charge in [-0.1, -0.05) is 0 Å². The Kier molecular flexibility index (Phi) is 3.83. The number of hydrogen-bond donors (Lipinski definition) is 2. The Bertz CT molecular complexity index is 447. The highest BCUT2D eigenvalue weighted by Crippen LogP contribution is 2.30. The third kappa shape index (κ3) is 2.37. The van der Waals surface area contributed by atoms with E-state index >= 15 is 0 Å². The highest BCUT2D eigenvalue weighted by Gasteiger charge is 2.29. The molecule has 1 aliphatic rings. The Morgan fingerprint density at radius 1 is 1.65 bits per heavy atom. The lowest BCUT2D eigenvalue weighted by Gasteiger charge is -2.41. The molecule has 0 saturated carbocycles. The van der Waals surface area contributed by atoms with Crippen molar-refractivity contribution >= 4 is 21.7 Å². The van der Waals surface area contributed by atoms with Gasteiger partial charge in [0, 0.05) is 18.6 Å². The molecule has 5 nitrogen and oxygen atoms in total. The monoisotopic (exact) mass is 300 g/mol. The molecule has 94 valence electrons. The van der Waals surface area contributed by atoms with Crippen molar-refractivity contribution < 1.29 is 0 Å². The van der Waals surface area contributed by atoms with Crippen LogP contribution in [0.25, 0.3) is 0 Å². The van der Waals surface area contributed by atoms with Crippen LogP contribution in [0, 0.1) is 0 Å². The highest BCUT2D eigenvalue weighted by molar-refractivity contribution is 9.10. The summed E-state index contributed by atoms with van der Waals surface area (Å²) < 4.78 is 0.493. The van der Waals surface area contributed by atoms with Crippen LogP contribution in [0.5, 0.6) is 0 Å². The van der Waals surface area contributed by atoms with Crippen molar-refractivity contribution in [2.45, 2.75) is 38.3 Å². The summed E-state index contributed by atoms with van der Waals surface area (Å²) in [4.78, 5) is 20.6. The maximum Gasteiger partial charge on any atom is 0.267 e. The summed E-state index contributed by atoms with van der Waals surface area (Å²) in [6.45, 7) is 2.74. The fraction of sp³-hybridized carbons (Fsp3) is 0.636. The molecule has 0 spiro atoms. The predicted molar refractivity (Wildman–Crippen MR) is 71.2 cm³/mol. The molecule has 0 aliphatic carbocycles. The number of nitrogens with two attached hydrogens (primary N) is 1. The van der Waals surface area contributed by atoms with E-state index < -0.39 is 0 Å². The quantitative estimate of drug-likeness (QED) is 0.862. The van der Waals surface area contributed by atoms with E-state index in [0.717, 1.165) is 12.8 Å². The summed E-state index contributed by atoms with van der Waals surface area (Å²) in [6, 6.07) is 0.632. The van der Waals surface area contributed by atoms with Gasteiger partial charge in [-0.3, -0.25) is 4.79 Å². The number of H-pyrrole nitrogens is 1. The van der Waals surface area contributed by atoms with Crippen LogP contribution in [0.15, 0.2) is 15.6 Å². The van der Waals surface area contributed by atoms with E-state index in [2.05, 4.69) is 37.7 Å². The van der Waals surface area contributed by atoms with Crippen molar-refractivity contribution in [3.63, 3.8) is 0 Å². The van der Waals surface area contributed by atoms with E-state index in [1.807, 2.05) is 0 Å². The van der Waals surface area contributed by atoms with E-state index in [9.17, 15) is 4.79 Å². The standard InChI is InChI=1S/C11H17BrN4O/c1-7-3-2-4-8(5-13)16(7)10-9(12)11(17)15-6-14-10/h6-8H,2-5,13H2,1H3,(H,14,15,17). The molecule has 3 N–H and O–H groups in total. The molecule has 2 heterocycles. The lowest BCUT2D eigenvalue weighted by Crippen LogP contribution is -2.50. The van der Waals surface area contributed by atoms with Gasteiger partial charge in [-0.2, -0.15) is 0 Å². The van der Waals surface area contributed by atoms with Gasteiger partial charge >= 0.3 is 0 Å². The van der Waals surface area contributed by atoms with Crippen LogP contribution < -0.4 is 16.2 Å². The van der Waals surface area contributed by atoms with Crippen molar-refractivity contribution in [2.24, 2.45) is 5.73 Å². The Balaban J connectivity index is 2.41. The first-order valence-corrected chi connectivity index (χ1v) is 6.66. The second kappa shape index (κ2) is 5.18. The summed E-state index contributed by atoms with van der Waals surface area (Å²) in [5, 5.41) is 0. The third-order valence-electron chi connectivity index (χ3n) is 3.32. The van der Waals surface area contributed by atoms with Crippen LogP contribution in [0.3, 0.4) is 0 Å². The van der Waals surface area contributed by atoms with Crippen LogP contribution in [0.2, 0.25) is 0 Å². The second-order valence-electron chi connectivity index (χ2n) is 4.45.